The zero-order valence-electron chi connectivity index (χ0n) is 9.96. The number of pyridine rings is 1. The fraction of sp³-hybridized carbons (Fsp3) is 0.455. The molecule has 0 saturated carbocycles. The van der Waals surface area contributed by atoms with Gasteiger partial charge in [-0.15, -0.1) is 0 Å². The first-order chi connectivity index (χ1) is 8.41. The number of rotatable bonds is 2. The number of aromatic nitrogens is 1. The van der Waals surface area contributed by atoms with Gasteiger partial charge in [-0.1, -0.05) is 0 Å². The zero-order valence-corrected chi connectivity index (χ0v) is 10.8. The fourth-order valence-electron chi connectivity index (χ4n) is 1.97. The van der Waals surface area contributed by atoms with Crippen molar-refractivity contribution in [2.75, 3.05) is 29.5 Å². The van der Waals surface area contributed by atoms with Crippen LogP contribution in [-0.4, -0.2) is 49.1 Å². The van der Waals surface area contributed by atoms with E-state index in [1.807, 2.05) is 0 Å². The first-order valence-corrected chi connectivity index (χ1v) is 7.37. The molecule has 0 aromatic carbocycles. The molecule has 2 rings (SSSR count). The molecule has 0 bridgehead atoms. The van der Waals surface area contributed by atoms with Crippen LogP contribution in [0.4, 0.5) is 5.82 Å². The maximum Gasteiger partial charge on any atom is 0.339 e. The Kier molecular flexibility index (Phi) is 3.25. The minimum Gasteiger partial charge on any atom is -0.478 e. The number of carboxylic acids is 1. The summed E-state index contributed by atoms with van der Waals surface area (Å²) < 4.78 is 22.7. The van der Waals surface area contributed by atoms with Crippen LogP contribution in [0.2, 0.25) is 0 Å². The van der Waals surface area contributed by atoms with Gasteiger partial charge < -0.3 is 10.0 Å². The molecule has 1 aromatic heterocycles. The van der Waals surface area contributed by atoms with Gasteiger partial charge >= 0.3 is 5.97 Å². The van der Waals surface area contributed by atoms with Gasteiger partial charge in [0, 0.05) is 19.3 Å². The number of aryl methyl sites for hydroxylation is 1. The zero-order chi connectivity index (χ0) is 13.3. The van der Waals surface area contributed by atoms with Crippen molar-refractivity contribution in [3.63, 3.8) is 0 Å². The van der Waals surface area contributed by atoms with Crippen molar-refractivity contribution < 1.29 is 18.3 Å². The van der Waals surface area contributed by atoms with E-state index < -0.39 is 15.8 Å². The molecule has 0 amide bonds. The highest BCUT2D eigenvalue weighted by Gasteiger charge is 2.26. The summed E-state index contributed by atoms with van der Waals surface area (Å²) >= 11 is 0. The Morgan fingerprint density at radius 3 is 2.56 bits per heavy atom. The molecule has 98 valence electrons. The number of hydrogen-bond donors (Lipinski definition) is 1. The molecule has 1 aromatic rings. The minimum atomic E-state index is -2.98. The lowest BCUT2D eigenvalue weighted by Gasteiger charge is -2.29. The van der Waals surface area contributed by atoms with E-state index >= 15 is 0 Å². The Hall–Kier alpha value is -1.63. The lowest BCUT2D eigenvalue weighted by atomic mass is 10.1. The molecule has 1 aliphatic rings. The largest absolute Gasteiger partial charge is 0.478 e. The Bertz CT molecular complexity index is 569. The van der Waals surface area contributed by atoms with E-state index in [4.69, 9.17) is 0 Å². The highest BCUT2D eigenvalue weighted by atomic mass is 32.2. The Labute approximate surface area is 105 Å². The third kappa shape index (κ3) is 2.45. The lowest BCUT2D eigenvalue weighted by molar-refractivity contribution is 0.0696. The maximum absolute atomic E-state index is 11.3. The van der Waals surface area contributed by atoms with Gasteiger partial charge in [-0.2, -0.15) is 0 Å². The minimum absolute atomic E-state index is 0.0433. The van der Waals surface area contributed by atoms with Crippen LogP contribution in [0, 0.1) is 6.92 Å². The second-order valence-corrected chi connectivity index (χ2v) is 6.57. The number of carbonyl (C=O) groups is 1. The first-order valence-electron chi connectivity index (χ1n) is 5.55. The van der Waals surface area contributed by atoms with Crippen molar-refractivity contribution in [2.24, 2.45) is 0 Å². The van der Waals surface area contributed by atoms with Gasteiger partial charge in [-0.25, -0.2) is 18.2 Å². The second-order valence-electron chi connectivity index (χ2n) is 4.27. The van der Waals surface area contributed by atoms with Crippen molar-refractivity contribution in [3.05, 3.63) is 23.4 Å². The van der Waals surface area contributed by atoms with Gasteiger partial charge in [0.25, 0.3) is 0 Å². The Morgan fingerprint density at radius 2 is 2.00 bits per heavy atom. The van der Waals surface area contributed by atoms with Crippen LogP contribution in [-0.2, 0) is 9.84 Å². The number of nitrogens with zero attached hydrogens (tertiary/aromatic N) is 2. The molecule has 0 unspecified atom stereocenters. The van der Waals surface area contributed by atoms with E-state index in [0.717, 1.165) is 0 Å². The normalized spacial score (nSPS) is 18.6. The SMILES string of the molecule is Cc1ccnc(N2CCS(=O)(=O)CC2)c1C(=O)O. The summed E-state index contributed by atoms with van der Waals surface area (Å²) in [5.74, 6) is -0.593. The van der Waals surface area contributed by atoms with Crippen molar-refractivity contribution in [1.82, 2.24) is 4.98 Å². The summed E-state index contributed by atoms with van der Waals surface area (Å²) in [5.41, 5.74) is 0.776. The predicted molar refractivity (Wildman–Crippen MR) is 66.8 cm³/mol. The van der Waals surface area contributed by atoms with Crippen LogP contribution in [0.25, 0.3) is 0 Å². The van der Waals surface area contributed by atoms with Gasteiger partial charge in [0.05, 0.1) is 11.5 Å². The highest BCUT2D eigenvalue weighted by molar-refractivity contribution is 7.91. The predicted octanol–water partition coefficient (Wildman–Crippen LogP) is 0.323. The number of anilines is 1. The van der Waals surface area contributed by atoms with E-state index in [-0.39, 0.29) is 17.1 Å². The van der Waals surface area contributed by atoms with E-state index in [9.17, 15) is 18.3 Å². The van der Waals surface area contributed by atoms with E-state index in [0.29, 0.717) is 24.5 Å². The van der Waals surface area contributed by atoms with Crippen LogP contribution in [0.15, 0.2) is 12.3 Å². The fourth-order valence-corrected chi connectivity index (χ4v) is 3.17. The molecule has 0 radical (unpaired) electrons. The van der Waals surface area contributed by atoms with Crippen molar-refractivity contribution in [1.29, 1.82) is 0 Å². The highest BCUT2D eigenvalue weighted by Crippen LogP contribution is 2.22. The molecular weight excluding hydrogens is 256 g/mol. The summed E-state index contributed by atoms with van der Waals surface area (Å²) in [6.07, 6.45) is 1.54. The number of sulfone groups is 1. The van der Waals surface area contributed by atoms with Gasteiger partial charge in [-0.05, 0) is 18.6 Å². The summed E-state index contributed by atoms with van der Waals surface area (Å²) in [4.78, 5) is 17.0. The topological polar surface area (TPSA) is 87.6 Å². The van der Waals surface area contributed by atoms with Crippen LogP contribution in [0.3, 0.4) is 0 Å². The summed E-state index contributed by atoms with van der Waals surface area (Å²) in [7, 11) is -2.98. The second kappa shape index (κ2) is 4.56. The number of aromatic carboxylic acids is 1. The van der Waals surface area contributed by atoms with Crippen molar-refractivity contribution in [3.8, 4) is 0 Å². The summed E-state index contributed by atoms with van der Waals surface area (Å²) in [6.45, 7) is 2.29. The summed E-state index contributed by atoms with van der Waals surface area (Å²) in [5, 5.41) is 9.19. The molecule has 2 heterocycles. The number of hydrogen-bond acceptors (Lipinski definition) is 5. The average Bonchev–Trinajstić information content (AvgIpc) is 2.28. The molecule has 1 N–H and O–H groups in total. The quantitative estimate of drug-likeness (QED) is 0.833. The van der Waals surface area contributed by atoms with Gasteiger partial charge in [0.2, 0.25) is 0 Å². The van der Waals surface area contributed by atoms with Crippen molar-refractivity contribution in [2.45, 2.75) is 6.92 Å². The third-order valence-electron chi connectivity index (χ3n) is 3.00. The van der Waals surface area contributed by atoms with E-state index in [1.54, 1.807) is 24.1 Å². The Balaban J connectivity index is 2.35. The smallest absolute Gasteiger partial charge is 0.339 e. The van der Waals surface area contributed by atoms with Crippen molar-refractivity contribution >= 4 is 21.6 Å². The van der Waals surface area contributed by atoms with Crippen LogP contribution < -0.4 is 4.90 Å². The molecule has 0 spiro atoms. The molecular formula is C11H14N2O4S. The summed E-state index contributed by atoms with van der Waals surface area (Å²) in [6, 6.07) is 1.63. The van der Waals surface area contributed by atoms with Gasteiger partial charge in [-0.3, -0.25) is 0 Å². The molecule has 18 heavy (non-hydrogen) atoms. The molecule has 0 aliphatic carbocycles. The molecule has 7 heteroatoms. The van der Waals surface area contributed by atoms with Crippen LogP contribution >= 0.6 is 0 Å². The average molecular weight is 270 g/mol. The van der Waals surface area contributed by atoms with E-state index in [1.165, 1.54) is 0 Å². The van der Waals surface area contributed by atoms with Gasteiger partial charge in [0.1, 0.15) is 11.4 Å². The number of carboxylic acid groups (broad SMARTS) is 1. The van der Waals surface area contributed by atoms with Crippen LogP contribution in [0.5, 0.6) is 0 Å². The Morgan fingerprint density at radius 1 is 1.39 bits per heavy atom. The maximum atomic E-state index is 11.3. The van der Waals surface area contributed by atoms with E-state index in [2.05, 4.69) is 4.98 Å². The molecule has 1 aliphatic heterocycles. The van der Waals surface area contributed by atoms with Gasteiger partial charge in [0.15, 0.2) is 9.84 Å². The molecule has 6 nitrogen and oxygen atoms in total. The monoisotopic (exact) mass is 270 g/mol. The molecule has 0 atom stereocenters. The standard InChI is InChI=1S/C11H14N2O4S/c1-8-2-3-12-10(9(8)11(14)15)13-4-6-18(16,17)7-5-13/h2-3H,4-7H2,1H3,(H,14,15). The van der Waals surface area contributed by atoms with Crippen LogP contribution in [0.1, 0.15) is 15.9 Å². The third-order valence-corrected chi connectivity index (χ3v) is 4.61. The molecule has 1 saturated heterocycles. The lowest BCUT2D eigenvalue weighted by Crippen LogP contribution is -2.41. The first kappa shape index (κ1) is 12.8. The molecule has 1 fully saturated rings.